The number of benzene rings is 3. The van der Waals surface area contributed by atoms with Gasteiger partial charge in [-0.3, -0.25) is 0 Å². The minimum atomic E-state index is 0.998. The number of likely N-dealkylation sites (N-methyl/N-ethyl adjacent to an activating group) is 1. The van der Waals surface area contributed by atoms with E-state index in [-0.39, 0.29) is 0 Å². The summed E-state index contributed by atoms with van der Waals surface area (Å²) in [6.45, 7) is 0.998. The first-order valence-electron chi connectivity index (χ1n) is 9.78. The molecule has 0 bridgehead atoms. The second-order valence-electron chi connectivity index (χ2n) is 7.46. The molecule has 1 aliphatic rings. The fourth-order valence-electron chi connectivity index (χ4n) is 4.35. The highest BCUT2D eigenvalue weighted by Crippen LogP contribution is 2.33. The second-order valence-corrected chi connectivity index (χ2v) is 7.46. The van der Waals surface area contributed by atoms with Crippen LogP contribution in [0.25, 0.3) is 16.6 Å². The number of hydrogen-bond donors (Lipinski definition) is 0. The molecular weight excluding hydrogens is 328 g/mol. The summed E-state index contributed by atoms with van der Waals surface area (Å²) in [6, 6.07) is 28.7. The van der Waals surface area contributed by atoms with Gasteiger partial charge in [0.1, 0.15) is 0 Å². The quantitative estimate of drug-likeness (QED) is 0.477. The highest BCUT2D eigenvalue weighted by atomic mass is 15.1. The average Bonchev–Trinajstić information content (AvgIpc) is 3.00. The van der Waals surface area contributed by atoms with E-state index in [1.807, 2.05) is 0 Å². The average molecular weight is 352 g/mol. The Labute approximate surface area is 160 Å². The molecule has 0 spiro atoms. The molecule has 0 saturated carbocycles. The minimum absolute atomic E-state index is 0.998. The molecule has 0 radical (unpaired) electrons. The van der Waals surface area contributed by atoms with Crippen molar-refractivity contribution in [1.82, 2.24) is 4.57 Å². The number of aryl methyl sites for hydroxylation is 2. The van der Waals surface area contributed by atoms with Crippen LogP contribution >= 0.6 is 0 Å². The summed E-state index contributed by atoms with van der Waals surface area (Å²) >= 11 is 0. The zero-order valence-corrected chi connectivity index (χ0v) is 15.7. The molecule has 3 aromatic carbocycles. The molecule has 0 atom stereocenters. The first-order chi connectivity index (χ1) is 13.3. The summed E-state index contributed by atoms with van der Waals surface area (Å²) in [5.74, 6) is 0. The molecule has 2 nitrogen and oxygen atoms in total. The van der Waals surface area contributed by atoms with Gasteiger partial charge in [-0.05, 0) is 48.2 Å². The van der Waals surface area contributed by atoms with Crippen molar-refractivity contribution in [2.75, 3.05) is 18.5 Å². The van der Waals surface area contributed by atoms with Crippen molar-refractivity contribution in [2.45, 2.75) is 19.3 Å². The third-order valence-electron chi connectivity index (χ3n) is 5.78. The monoisotopic (exact) mass is 352 g/mol. The maximum atomic E-state index is 2.52. The van der Waals surface area contributed by atoms with Crippen LogP contribution in [0.1, 0.15) is 16.8 Å². The molecule has 134 valence electrons. The Morgan fingerprint density at radius 3 is 2.44 bits per heavy atom. The lowest BCUT2D eigenvalue weighted by atomic mass is 10.0. The van der Waals surface area contributed by atoms with E-state index in [1.54, 1.807) is 0 Å². The highest BCUT2D eigenvalue weighted by Gasteiger charge is 2.19. The zero-order valence-electron chi connectivity index (χ0n) is 15.7. The Morgan fingerprint density at radius 2 is 1.56 bits per heavy atom. The van der Waals surface area contributed by atoms with Gasteiger partial charge in [0.05, 0.1) is 5.52 Å². The van der Waals surface area contributed by atoms with E-state index in [9.17, 15) is 0 Å². The summed E-state index contributed by atoms with van der Waals surface area (Å²) in [5.41, 5.74) is 8.34. The Morgan fingerprint density at radius 1 is 0.815 bits per heavy atom. The van der Waals surface area contributed by atoms with Gasteiger partial charge in [0, 0.05) is 42.5 Å². The smallest absolute Gasteiger partial charge is 0.0563 e. The van der Waals surface area contributed by atoms with Gasteiger partial charge in [0.2, 0.25) is 0 Å². The Balaban J connectivity index is 1.57. The molecule has 1 aliphatic heterocycles. The molecule has 0 unspecified atom stereocenters. The number of para-hydroxylation sites is 3. The van der Waals surface area contributed by atoms with Crippen LogP contribution < -0.4 is 4.90 Å². The van der Waals surface area contributed by atoms with Crippen molar-refractivity contribution in [1.29, 1.82) is 0 Å². The normalized spacial score (nSPS) is 12.6. The van der Waals surface area contributed by atoms with Crippen molar-refractivity contribution in [3.8, 4) is 5.69 Å². The first-order valence-corrected chi connectivity index (χ1v) is 9.78. The lowest BCUT2D eigenvalue weighted by Crippen LogP contribution is -2.21. The Bertz CT molecular complexity index is 1090. The van der Waals surface area contributed by atoms with Crippen molar-refractivity contribution in [3.63, 3.8) is 0 Å². The number of nitrogens with zero attached hydrogens (tertiary/aromatic N) is 2. The van der Waals surface area contributed by atoms with E-state index < -0.39 is 0 Å². The summed E-state index contributed by atoms with van der Waals surface area (Å²) in [6.07, 6.45) is 3.25. The summed E-state index contributed by atoms with van der Waals surface area (Å²) in [5, 5.41) is 1.36. The lowest BCUT2D eigenvalue weighted by Gasteiger charge is -2.20. The van der Waals surface area contributed by atoms with Crippen molar-refractivity contribution < 1.29 is 0 Å². The van der Waals surface area contributed by atoms with Crippen LogP contribution in [0.5, 0.6) is 0 Å². The number of anilines is 1. The molecule has 0 N–H and O–H groups in total. The van der Waals surface area contributed by atoms with Crippen LogP contribution in [0.4, 0.5) is 5.69 Å². The molecule has 1 aromatic heterocycles. The second kappa shape index (κ2) is 6.62. The van der Waals surface area contributed by atoms with E-state index in [2.05, 4.69) is 95.4 Å². The maximum Gasteiger partial charge on any atom is 0.0563 e. The first kappa shape index (κ1) is 16.2. The molecule has 2 heteroatoms. The molecule has 5 rings (SSSR count). The van der Waals surface area contributed by atoms with Gasteiger partial charge in [-0.15, -0.1) is 0 Å². The molecule has 0 fully saturated rings. The van der Waals surface area contributed by atoms with Gasteiger partial charge in [-0.25, -0.2) is 0 Å². The van der Waals surface area contributed by atoms with Crippen molar-refractivity contribution >= 4 is 16.6 Å². The van der Waals surface area contributed by atoms with Crippen LogP contribution in [-0.4, -0.2) is 18.2 Å². The highest BCUT2D eigenvalue weighted by molar-refractivity contribution is 5.87. The predicted molar refractivity (Wildman–Crippen MR) is 114 cm³/mol. The largest absolute Gasteiger partial charge is 0.374 e. The third-order valence-corrected chi connectivity index (χ3v) is 5.78. The predicted octanol–water partition coefficient (Wildman–Crippen LogP) is 5.41. The topological polar surface area (TPSA) is 8.17 Å². The van der Waals surface area contributed by atoms with Crippen LogP contribution in [0.2, 0.25) is 0 Å². The molecule has 27 heavy (non-hydrogen) atoms. The zero-order chi connectivity index (χ0) is 18.2. The maximum absolute atomic E-state index is 2.52. The summed E-state index contributed by atoms with van der Waals surface area (Å²) in [7, 11) is 2.18. The summed E-state index contributed by atoms with van der Waals surface area (Å²) in [4.78, 5) is 2.34. The van der Waals surface area contributed by atoms with Gasteiger partial charge < -0.3 is 9.47 Å². The number of rotatable bonds is 4. The van der Waals surface area contributed by atoms with Crippen LogP contribution in [0.3, 0.4) is 0 Å². The van der Waals surface area contributed by atoms with Gasteiger partial charge in [0.15, 0.2) is 0 Å². The lowest BCUT2D eigenvalue weighted by molar-refractivity contribution is 0.832. The van der Waals surface area contributed by atoms with E-state index >= 15 is 0 Å². The SMILES string of the molecule is CN(CCc1cc2cccc3c2n1-c1ccccc1CC3)c1ccccc1. The van der Waals surface area contributed by atoms with E-state index in [0.29, 0.717) is 0 Å². The van der Waals surface area contributed by atoms with Crippen molar-refractivity contribution in [3.05, 3.63) is 95.7 Å². The summed E-state index contributed by atoms with van der Waals surface area (Å²) < 4.78 is 2.52. The Hall–Kier alpha value is -3.00. The molecule has 4 aromatic rings. The van der Waals surface area contributed by atoms with E-state index in [1.165, 1.54) is 39.1 Å². The number of hydrogen-bond acceptors (Lipinski definition) is 1. The number of aromatic nitrogens is 1. The molecule has 0 aliphatic carbocycles. The Kier molecular flexibility index (Phi) is 3.97. The number of fused-ring (bicyclic) bond motifs is 2. The molecule has 2 heterocycles. The van der Waals surface area contributed by atoms with Gasteiger partial charge in [0.25, 0.3) is 0 Å². The van der Waals surface area contributed by atoms with Gasteiger partial charge >= 0.3 is 0 Å². The van der Waals surface area contributed by atoms with Crippen LogP contribution in [0.15, 0.2) is 78.9 Å². The molecule has 0 amide bonds. The van der Waals surface area contributed by atoms with Gasteiger partial charge in [-0.1, -0.05) is 54.6 Å². The standard InChI is InChI=1S/C25H24N2/c1-26(22-11-3-2-4-12-22)17-16-23-18-21-10-7-9-20-15-14-19-8-5-6-13-24(19)27(23)25(20)21/h2-13,18H,14-17H2,1H3. The van der Waals surface area contributed by atoms with E-state index in [0.717, 1.165) is 25.8 Å². The third kappa shape index (κ3) is 2.82. The van der Waals surface area contributed by atoms with E-state index in [4.69, 9.17) is 0 Å². The van der Waals surface area contributed by atoms with Crippen molar-refractivity contribution in [2.24, 2.45) is 0 Å². The van der Waals surface area contributed by atoms with Gasteiger partial charge in [-0.2, -0.15) is 0 Å². The minimum Gasteiger partial charge on any atom is -0.374 e. The molecule has 0 saturated heterocycles. The van der Waals surface area contributed by atoms with Crippen LogP contribution in [0, 0.1) is 0 Å². The fraction of sp³-hybridized carbons (Fsp3) is 0.200. The molecular formula is C25H24N2. The fourth-order valence-corrected chi connectivity index (χ4v) is 4.35. The van der Waals surface area contributed by atoms with Crippen LogP contribution in [-0.2, 0) is 19.3 Å².